The summed E-state index contributed by atoms with van der Waals surface area (Å²) in [5.41, 5.74) is 5.90. The number of rotatable bonds is 3. The van der Waals surface area contributed by atoms with Crippen molar-refractivity contribution >= 4 is 28.6 Å². The molecule has 2 nitrogen and oxygen atoms in total. The lowest BCUT2D eigenvalue weighted by atomic mass is 10.3. The van der Waals surface area contributed by atoms with Gasteiger partial charge in [0.1, 0.15) is 18.2 Å². The van der Waals surface area contributed by atoms with Crippen molar-refractivity contribution < 1.29 is 9.13 Å². The number of halogens is 2. The molecule has 2 rings (SSSR count). The Morgan fingerprint density at radius 2 is 2.12 bits per heavy atom. The Labute approximate surface area is 101 Å². The quantitative estimate of drug-likeness (QED) is 0.851. The highest BCUT2D eigenvalue weighted by Gasteiger charge is 2.03. The number of anilines is 1. The average Bonchev–Trinajstić information content (AvgIpc) is 2.63. The van der Waals surface area contributed by atoms with Gasteiger partial charge in [0, 0.05) is 10.9 Å². The third-order valence-corrected chi connectivity index (χ3v) is 3.18. The van der Waals surface area contributed by atoms with Gasteiger partial charge in [0.2, 0.25) is 0 Å². The van der Waals surface area contributed by atoms with Crippen LogP contribution in [0.2, 0.25) is 4.34 Å². The number of thiophene rings is 1. The van der Waals surface area contributed by atoms with Crippen molar-refractivity contribution in [2.24, 2.45) is 0 Å². The molecule has 5 heteroatoms. The molecular formula is C11H9ClFNOS. The van der Waals surface area contributed by atoms with Crippen molar-refractivity contribution in [1.29, 1.82) is 0 Å². The van der Waals surface area contributed by atoms with E-state index in [0.29, 0.717) is 22.4 Å². The summed E-state index contributed by atoms with van der Waals surface area (Å²) in [5.74, 6) is 0.106. The molecule has 0 aliphatic carbocycles. The first-order valence-electron chi connectivity index (χ1n) is 4.57. The molecule has 0 atom stereocenters. The number of nitrogens with two attached hydrogens (primary N) is 1. The van der Waals surface area contributed by atoms with E-state index >= 15 is 0 Å². The molecule has 84 valence electrons. The predicted molar refractivity (Wildman–Crippen MR) is 64.5 cm³/mol. The lowest BCUT2D eigenvalue weighted by Gasteiger charge is -2.07. The summed E-state index contributed by atoms with van der Waals surface area (Å²) >= 11 is 7.22. The SMILES string of the molecule is Nc1cc(F)ccc1OCc1ccc(Cl)s1. The lowest BCUT2D eigenvalue weighted by molar-refractivity contribution is 0.311. The fourth-order valence-corrected chi connectivity index (χ4v) is 2.23. The molecule has 0 spiro atoms. The van der Waals surface area contributed by atoms with Crippen molar-refractivity contribution in [2.75, 3.05) is 5.73 Å². The summed E-state index contributed by atoms with van der Waals surface area (Å²) in [6.45, 7) is 0.382. The summed E-state index contributed by atoms with van der Waals surface area (Å²) in [6, 6.07) is 7.75. The van der Waals surface area contributed by atoms with Crippen molar-refractivity contribution in [3.8, 4) is 5.75 Å². The van der Waals surface area contributed by atoms with Crippen molar-refractivity contribution in [3.63, 3.8) is 0 Å². The second-order valence-corrected chi connectivity index (χ2v) is 4.98. The largest absolute Gasteiger partial charge is 0.486 e. The first-order valence-corrected chi connectivity index (χ1v) is 5.76. The Hall–Kier alpha value is -1.26. The number of hydrogen-bond donors (Lipinski definition) is 1. The molecule has 0 amide bonds. The molecule has 2 N–H and O–H groups in total. The highest BCUT2D eigenvalue weighted by molar-refractivity contribution is 7.16. The monoisotopic (exact) mass is 257 g/mol. The van der Waals surface area contributed by atoms with E-state index in [1.807, 2.05) is 6.07 Å². The molecule has 0 aliphatic heterocycles. The molecule has 0 fully saturated rings. The van der Waals surface area contributed by atoms with Crippen molar-refractivity contribution in [1.82, 2.24) is 0 Å². The Balaban J connectivity index is 2.04. The summed E-state index contributed by atoms with van der Waals surface area (Å²) in [5, 5.41) is 0. The molecule has 0 saturated heterocycles. The third-order valence-electron chi connectivity index (χ3n) is 1.97. The van der Waals surface area contributed by atoms with Crippen LogP contribution in [0.4, 0.5) is 10.1 Å². The van der Waals surface area contributed by atoms with Gasteiger partial charge in [-0.3, -0.25) is 0 Å². The van der Waals surface area contributed by atoms with E-state index in [2.05, 4.69) is 0 Å². The number of benzene rings is 1. The standard InChI is InChI=1S/C11H9ClFNOS/c12-11-4-2-8(16-11)6-15-10-3-1-7(13)5-9(10)14/h1-5H,6,14H2. The van der Waals surface area contributed by atoms with Crippen molar-refractivity contribution in [3.05, 3.63) is 45.4 Å². The maximum Gasteiger partial charge on any atom is 0.142 e. The molecule has 1 heterocycles. The van der Waals surface area contributed by atoms with Gasteiger partial charge in [-0.2, -0.15) is 0 Å². The summed E-state index contributed by atoms with van der Waals surface area (Å²) in [7, 11) is 0. The predicted octanol–water partition coefficient (Wildman–Crippen LogP) is 3.70. The van der Waals surface area contributed by atoms with E-state index in [4.69, 9.17) is 22.1 Å². The topological polar surface area (TPSA) is 35.2 Å². The third kappa shape index (κ3) is 2.65. The van der Waals surface area contributed by atoms with E-state index < -0.39 is 0 Å². The van der Waals surface area contributed by atoms with Gasteiger partial charge < -0.3 is 10.5 Å². The summed E-state index contributed by atoms with van der Waals surface area (Å²) in [4.78, 5) is 0.994. The van der Waals surface area contributed by atoms with Crippen LogP contribution in [0, 0.1) is 5.82 Å². The average molecular weight is 258 g/mol. The fraction of sp³-hybridized carbons (Fsp3) is 0.0909. The van der Waals surface area contributed by atoms with Crippen molar-refractivity contribution in [2.45, 2.75) is 6.61 Å². The van der Waals surface area contributed by atoms with Crippen LogP contribution in [0.3, 0.4) is 0 Å². The zero-order chi connectivity index (χ0) is 11.5. The summed E-state index contributed by atoms with van der Waals surface area (Å²) < 4.78 is 18.9. The minimum absolute atomic E-state index is 0.294. The van der Waals surface area contributed by atoms with Crippen LogP contribution < -0.4 is 10.5 Å². The van der Waals surface area contributed by atoms with E-state index in [1.165, 1.54) is 29.5 Å². The highest BCUT2D eigenvalue weighted by Crippen LogP contribution is 2.26. The second kappa shape index (κ2) is 4.72. The molecule has 0 saturated carbocycles. The minimum Gasteiger partial charge on any atom is -0.486 e. The van der Waals surface area contributed by atoms with Gasteiger partial charge in [-0.05, 0) is 24.3 Å². The van der Waals surface area contributed by atoms with Crippen LogP contribution in [-0.2, 0) is 6.61 Å². The zero-order valence-electron chi connectivity index (χ0n) is 8.24. The first kappa shape index (κ1) is 11.2. The molecule has 0 unspecified atom stereocenters. The van der Waals surface area contributed by atoms with E-state index in [-0.39, 0.29) is 5.82 Å². The normalized spacial score (nSPS) is 10.4. The van der Waals surface area contributed by atoms with Gasteiger partial charge >= 0.3 is 0 Å². The number of nitrogen functional groups attached to an aromatic ring is 1. The Morgan fingerprint density at radius 3 is 2.75 bits per heavy atom. The molecule has 0 radical (unpaired) electrons. The lowest BCUT2D eigenvalue weighted by Crippen LogP contribution is -1.97. The number of hydrogen-bond acceptors (Lipinski definition) is 3. The maximum atomic E-state index is 12.8. The Bertz CT molecular complexity index is 500. The van der Waals surface area contributed by atoms with Gasteiger partial charge in [0.25, 0.3) is 0 Å². The number of ether oxygens (including phenoxy) is 1. The summed E-state index contributed by atoms with van der Waals surface area (Å²) in [6.07, 6.45) is 0. The van der Waals surface area contributed by atoms with E-state index in [0.717, 1.165) is 4.88 Å². The molecule has 1 aromatic heterocycles. The van der Waals surface area contributed by atoms with Gasteiger partial charge in [0.05, 0.1) is 10.0 Å². The molecular weight excluding hydrogens is 249 g/mol. The van der Waals surface area contributed by atoms with Crippen LogP contribution in [0.15, 0.2) is 30.3 Å². The second-order valence-electron chi connectivity index (χ2n) is 3.18. The molecule has 2 aromatic rings. The van der Waals surface area contributed by atoms with Crippen LogP contribution in [0.25, 0.3) is 0 Å². The van der Waals surface area contributed by atoms with Crippen LogP contribution >= 0.6 is 22.9 Å². The van der Waals surface area contributed by atoms with Crippen LogP contribution in [-0.4, -0.2) is 0 Å². The first-order chi connectivity index (χ1) is 7.65. The molecule has 0 aliphatic rings. The molecule has 1 aromatic carbocycles. The van der Waals surface area contributed by atoms with Gasteiger partial charge in [0.15, 0.2) is 0 Å². The molecule has 0 bridgehead atoms. The smallest absolute Gasteiger partial charge is 0.142 e. The fourth-order valence-electron chi connectivity index (χ4n) is 1.23. The highest BCUT2D eigenvalue weighted by atomic mass is 35.5. The van der Waals surface area contributed by atoms with E-state index in [9.17, 15) is 4.39 Å². The van der Waals surface area contributed by atoms with Crippen LogP contribution in [0.1, 0.15) is 4.88 Å². The van der Waals surface area contributed by atoms with Gasteiger partial charge in [-0.25, -0.2) is 4.39 Å². The van der Waals surface area contributed by atoms with Gasteiger partial charge in [-0.15, -0.1) is 11.3 Å². The maximum absolute atomic E-state index is 12.8. The van der Waals surface area contributed by atoms with E-state index in [1.54, 1.807) is 6.07 Å². The van der Waals surface area contributed by atoms with Gasteiger partial charge in [-0.1, -0.05) is 11.6 Å². The zero-order valence-corrected chi connectivity index (χ0v) is 9.82. The Kier molecular flexibility index (Phi) is 3.31. The minimum atomic E-state index is -0.371. The Morgan fingerprint density at radius 1 is 1.31 bits per heavy atom. The van der Waals surface area contributed by atoms with Crippen LogP contribution in [0.5, 0.6) is 5.75 Å². The molecule has 16 heavy (non-hydrogen) atoms.